The van der Waals surface area contributed by atoms with Gasteiger partial charge < -0.3 is 10.0 Å². The Labute approximate surface area is 105 Å². The van der Waals surface area contributed by atoms with Gasteiger partial charge in [0.25, 0.3) is 0 Å². The van der Waals surface area contributed by atoms with Crippen LogP contribution in [0.3, 0.4) is 0 Å². The van der Waals surface area contributed by atoms with Crippen molar-refractivity contribution in [2.24, 2.45) is 0 Å². The third-order valence-electron chi connectivity index (χ3n) is 2.51. The first-order valence-corrected chi connectivity index (χ1v) is 6.49. The van der Waals surface area contributed by atoms with Gasteiger partial charge in [0, 0.05) is 18.1 Å². The number of urea groups is 1. The smallest absolute Gasteiger partial charge is 0.323 e. The number of hydrogen-bond donors (Lipinski definition) is 2. The van der Waals surface area contributed by atoms with E-state index in [-0.39, 0.29) is 18.7 Å². The largest absolute Gasteiger partial charge is 0.394 e. The number of anilines is 1. The van der Waals surface area contributed by atoms with Crippen molar-refractivity contribution in [2.75, 3.05) is 19.0 Å². The third kappa shape index (κ3) is 3.98. The van der Waals surface area contributed by atoms with E-state index in [1.54, 1.807) is 20.2 Å². The van der Waals surface area contributed by atoms with Gasteiger partial charge in [-0.2, -0.15) is 0 Å². The van der Waals surface area contributed by atoms with Gasteiger partial charge >= 0.3 is 6.03 Å². The fraction of sp³-hybridized carbons (Fsp3) is 0.636. The van der Waals surface area contributed by atoms with Gasteiger partial charge in [-0.05, 0) is 13.3 Å². The summed E-state index contributed by atoms with van der Waals surface area (Å²) in [7, 11) is 1.65. The molecule has 0 aliphatic rings. The van der Waals surface area contributed by atoms with Crippen LogP contribution in [0, 0.1) is 0 Å². The van der Waals surface area contributed by atoms with Crippen LogP contribution in [0.25, 0.3) is 0 Å². The lowest BCUT2D eigenvalue weighted by Gasteiger charge is -2.22. The molecular formula is C11H19N3O2S. The molecule has 0 radical (unpaired) electrons. The molecule has 1 unspecified atom stereocenters. The van der Waals surface area contributed by atoms with Crippen molar-refractivity contribution in [2.45, 2.75) is 32.7 Å². The molecule has 96 valence electrons. The first kappa shape index (κ1) is 13.9. The average Bonchev–Trinajstić information content (AvgIpc) is 2.75. The summed E-state index contributed by atoms with van der Waals surface area (Å²) in [6.45, 7) is 3.83. The third-order valence-corrected chi connectivity index (χ3v) is 3.48. The number of likely N-dealkylation sites (N-methyl/N-ethyl adjacent to an activating group) is 1. The van der Waals surface area contributed by atoms with Crippen molar-refractivity contribution < 1.29 is 9.90 Å². The second kappa shape index (κ2) is 6.56. The zero-order valence-electron chi connectivity index (χ0n) is 10.4. The van der Waals surface area contributed by atoms with Crippen molar-refractivity contribution in [3.63, 3.8) is 0 Å². The van der Waals surface area contributed by atoms with Gasteiger partial charge in [-0.25, -0.2) is 9.78 Å². The maximum Gasteiger partial charge on any atom is 0.323 e. The molecule has 17 heavy (non-hydrogen) atoms. The van der Waals surface area contributed by atoms with Crippen LogP contribution < -0.4 is 5.32 Å². The van der Waals surface area contributed by atoms with Crippen LogP contribution in [0.15, 0.2) is 6.20 Å². The number of amides is 2. The SMILES string of the molecule is CCCc1cnc(NC(=O)N(C)C(C)CO)s1. The molecule has 1 aromatic rings. The minimum absolute atomic E-state index is 0.0527. The molecule has 0 saturated heterocycles. The number of nitrogens with zero attached hydrogens (tertiary/aromatic N) is 2. The number of thiazole rings is 1. The summed E-state index contributed by atoms with van der Waals surface area (Å²) >= 11 is 1.49. The standard InChI is InChI=1S/C11H19N3O2S/c1-4-5-9-6-12-10(17-9)13-11(16)14(3)8(2)7-15/h6,8,15H,4-5,7H2,1-3H3,(H,12,13,16). The lowest BCUT2D eigenvalue weighted by molar-refractivity contribution is 0.166. The fourth-order valence-electron chi connectivity index (χ4n) is 1.23. The molecule has 0 aliphatic heterocycles. The summed E-state index contributed by atoms with van der Waals surface area (Å²) < 4.78 is 0. The second-order valence-corrected chi connectivity index (χ2v) is 5.07. The van der Waals surface area contributed by atoms with Crippen LogP contribution in [0.1, 0.15) is 25.1 Å². The maximum absolute atomic E-state index is 11.8. The molecule has 2 N–H and O–H groups in total. The Morgan fingerprint density at radius 2 is 2.41 bits per heavy atom. The van der Waals surface area contributed by atoms with E-state index in [4.69, 9.17) is 5.11 Å². The number of aryl methyl sites for hydroxylation is 1. The molecule has 0 fully saturated rings. The van der Waals surface area contributed by atoms with E-state index in [0.29, 0.717) is 5.13 Å². The second-order valence-electron chi connectivity index (χ2n) is 3.95. The van der Waals surface area contributed by atoms with Crippen LogP contribution in [-0.2, 0) is 6.42 Å². The zero-order valence-corrected chi connectivity index (χ0v) is 11.3. The van der Waals surface area contributed by atoms with Crippen LogP contribution in [-0.4, -0.2) is 40.7 Å². The highest BCUT2D eigenvalue weighted by molar-refractivity contribution is 7.15. The Morgan fingerprint density at radius 3 is 3.00 bits per heavy atom. The van der Waals surface area contributed by atoms with Gasteiger partial charge in [-0.1, -0.05) is 13.3 Å². The van der Waals surface area contributed by atoms with Gasteiger partial charge in [0.05, 0.1) is 12.6 Å². The van der Waals surface area contributed by atoms with Crippen molar-refractivity contribution in [1.82, 2.24) is 9.88 Å². The van der Waals surface area contributed by atoms with E-state index in [2.05, 4.69) is 17.2 Å². The summed E-state index contributed by atoms with van der Waals surface area (Å²) in [4.78, 5) is 18.5. The number of hydrogen-bond acceptors (Lipinski definition) is 4. The lowest BCUT2D eigenvalue weighted by Crippen LogP contribution is -2.40. The summed E-state index contributed by atoms with van der Waals surface area (Å²) in [5.41, 5.74) is 0. The van der Waals surface area contributed by atoms with Crippen LogP contribution in [0.4, 0.5) is 9.93 Å². The van der Waals surface area contributed by atoms with Gasteiger partial charge in [0.2, 0.25) is 0 Å². The van der Waals surface area contributed by atoms with Crippen LogP contribution >= 0.6 is 11.3 Å². The monoisotopic (exact) mass is 257 g/mol. The van der Waals surface area contributed by atoms with Gasteiger partial charge in [-0.3, -0.25) is 5.32 Å². The average molecular weight is 257 g/mol. The summed E-state index contributed by atoms with van der Waals surface area (Å²) in [5.74, 6) is 0. The molecule has 0 aromatic carbocycles. The van der Waals surface area contributed by atoms with E-state index < -0.39 is 0 Å². The first-order chi connectivity index (χ1) is 8.08. The number of aliphatic hydroxyl groups excluding tert-OH is 1. The number of nitrogens with one attached hydrogen (secondary N) is 1. The van der Waals surface area contributed by atoms with Gasteiger partial charge in [-0.15, -0.1) is 11.3 Å². The molecular weight excluding hydrogens is 238 g/mol. The summed E-state index contributed by atoms with van der Waals surface area (Å²) in [5, 5.41) is 12.3. The predicted molar refractivity (Wildman–Crippen MR) is 69.4 cm³/mol. The predicted octanol–water partition coefficient (Wildman–Crippen LogP) is 1.94. The Hall–Kier alpha value is -1.14. The molecule has 5 nitrogen and oxygen atoms in total. The van der Waals surface area contributed by atoms with E-state index >= 15 is 0 Å². The van der Waals surface area contributed by atoms with E-state index in [1.165, 1.54) is 21.1 Å². The molecule has 2 amide bonds. The van der Waals surface area contributed by atoms with Crippen molar-refractivity contribution in [1.29, 1.82) is 0 Å². The Morgan fingerprint density at radius 1 is 1.71 bits per heavy atom. The Balaban J connectivity index is 2.55. The molecule has 0 aliphatic carbocycles. The number of carbonyl (C=O) groups is 1. The highest BCUT2D eigenvalue weighted by Gasteiger charge is 2.15. The quantitative estimate of drug-likeness (QED) is 0.847. The topological polar surface area (TPSA) is 65.5 Å². The van der Waals surface area contributed by atoms with E-state index in [0.717, 1.165) is 12.8 Å². The normalized spacial score (nSPS) is 12.2. The highest BCUT2D eigenvalue weighted by Crippen LogP contribution is 2.19. The molecule has 6 heteroatoms. The summed E-state index contributed by atoms with van der Waals surface area (Å²) in [6, 6.07) is -0.450. The van der Waals surface area contributed by atoms with Crippen molar-refractivity contribution in [3.8, 4) is 0 Å². The van der Waals surface area contributed by atoms with Gasteiger partial charge in [0.15, 0.2) is 5.13 Å². The minimum Gasteiger partial charge on any atom is -0.394 e. The number of aromatic nitrogens is 1. The van der Waals surface area contributed by atoms with Crippen molar-refractivity contribution >= 4 is 22.5 Å². The summed E-state index contributed by atoms with van der Waals surface area (Å²) in [6.07, 6.45) is 3.84. The molecule has 0 spiro atoms. The van der Waals surface area contributed by atoms with E-state index in [1.807, 2.05) is 0 Å². The van der Waals surface area contributed by atoms with Crippen molar-refractivity contribution in [3.05, 3.63) is 11.1 Å². The molecule has 0 bridgehead atoms. The Kier molecular flexibility index (Phi) is 5.37. The van der Waals surface area contributed by atoms with E-state index in [9.17, 15) is 4.79 Å². The van der Waals surface area contributed by atoms with Crippen LogP contribution in [0.5, 0.6) is 0 Å². The maximum atomic E-state index is 11.8. The number of rotatable bonds is 5. The molecule has 1 rings (SSSR count). The minimum atomic E-state index is -0.246. The van der Waals surface area contributed by atoms with Gasteiger partial charge in [0.1, 0.15) is 0 Å². The first-order valence-electron chi connectivity index (χ1n) is 5.67. The molecule has 1 aromatic heterocycles. The fourth-order valence-corrected chi connectivity index (χ4v) is 2.13. The number of carbonyl (C=O) groups excluding carboxylic acids is 1. The molecule has 0 saturated carbocycles. The molecule has 1 heterocycles. The highest BCUT2D eigenvalue weighted by atomic mass is 32.1. The van der Waals surface area contributed by atoms with Crippen LogP contribution in [0.2, 0.25) is 0 Å². The number of aliphatic hydroxyl groups is 1. The Bertz CT molecular complexity index is 367. The lowest BCUT2D eigenvalue weighted by atomic mass is 10.3. The molecule has 1 atom stereocenters. The zero-order chi connectivity index (χ0) is 12.8.